The lowest BCUT2D eigenvalue weighted by Gasteiger charge is -2.21. The van der Waals surface area contributed by atoms with Gasteiger partial charge >= 0.3 is 0 Å². The molecule has 1 N–H and O–H groups in total. The number of rotatable bonds is 7. The molecule has 7 heteroatoms. The molecule has 166 valence electrons. The minimum atomic E-state index is 0.0454. The average molecular weight is 424 g/mol. The molecule has 2 aliphatic rings. The van der Waals surface area contributed by atoms with Crippen LogP contribution in [0.1, 0.15) is 62.2 Å². The van der Waals surface area contributed by atoms with Gasteiger partial charge < -0.3 is 14.8 Å². The SMILES string of the molecule is O=C(CCN1CCCCCC1=O)NC1CCc2nnc(CCc3ccccc3)n2CC1. The lowest BCUT2D eigenvalue weighted by Crippen LogP contribution is -2.39. The standard InChI is InChI=1S/C24H33N5O2/c30-23(15-17-28-16-6-2-5-9-24(28)31)25-20-11-13-22-27-26-21(29(22)18-14-20)12-10-19-7-3-1-4-8-19/h1,3-4,7-8,20H,2,5-6,9-18H2,(H,25,30). The summed E-state index contributed by atoms with van der Waals surface area (Å²) in [5.74, 6) is 2.30. The number of benzene rings is 1. The fraction of sp³-hybridized carbons (Fsp3) is 0.583. The fourth-order valence-electron chi connectivity index (χ4n) is 4.59. The minimum Gasteiger partial charge on any atom is -0.353 e. The summed E-state index contributed by atoms with van der Waals surface area (Å²) in [6.45, 7) is 2.16. The molecule has 1 saturated heterocycles. The normalized spacial score (nSPS) is 19.4. The number of nitrogens with one attached hydrogen (secondary N) is 1. The monoisotopic (exact) mass is 423 g/mol. The van der Waals surface area contributed by atoms with E-state index in [0.717, 1.165) is 76.1 Å². The second-order valence-electron chi connectivity index (χ2n) is 8.70. The molecule has 31 heavy (non-hydrogen) atoms. The molecule has 0 bridgehead atoms. The van der Waals surface area contributed by atoms with Gasteiger partial charge in [0.05, 0.1) is 0 Å². The molecule has 1 atom stereocenters. The van der Waals surface area contributed by atoms with Crippen molar-refractivity contribution in [3.05, 3.63) is 47.5 Å². The highest BCUT2D eigenvalue weighted by molar-refractivity contribution is 5.79. The molecule has 1 aromatic heterocycles. The summed E-state index contributed by atoms with van der Waals surface area (Å²) in [5, 5.41) is 12.0. The van der Waals surface area contributed by atoms with Gasteiger partial charge in [-0.3, -0.25) is 9.59 Å². The van der Waals surface area contributed by atoms with E-state index in [9.17, 15) is 9.59 Å². The Hall–Kier alpha value is -2.70. The predicted octanol–water partition coefficient (Wildman–Crippen LogP) is 2.68. The van der Waals surface area contributed by atoms with Gasteiger partial charge in [-0.15, -0.1) is 10.2 Å². The van der Waals surface area contributed by atoms with Crippen molar-refractivity contribution in [3.8, 4) is 0 Å². The molecule has 1 aromatic carbocycles. The van der Waals surface area contributed by atoms with Crippen LogP contribution in [0.15, 0.2) is 30.3 Å². The summed E-state index contributed by atoms with van der Waals surface area (Å²) in [7, 11) is 0. The third-order valence-electron chi connectivity index (χ3n) is 6.45. The Morgan fingerprint density at radius 2 is 1.87 bits per heavy atom. The number of likely N-dealkylation sites (tertiary alicyclic amines) is 1. The number of carbonyl (C=O) groups excluding carboxylic acids is 2. The van der Waals surface area contributed by atoms with Gasteiger partial charge in [0.25, 0.3) is 0 Å². The van der Waals surface area contributed by atoms with Crippen LogP contribution in [0, 0.1) is 0 Å². The van der Waals surface area contributed by atoms with Crippen molar-refractivity contribution >= 4 is 11.8 Å². The van der Waals surface area contributed by atoms with Crippen molar-refractivity contribution in [1.82, 2.24) is 25.0 Å². The second kappa shape index (κ2) is 10.6. The van der Waals surface area contributed by atoms with Crippen LogP contribution < -0.4 is 5.32 Å². The first kappa shape index (κ1) is 21.5. The smallest absolute Gasteiger partial charge is 0.222 e. The first-order valence-corrected chi connectivity index (χ1v) is 11.7. The van der Waals surface area contributed by atoms with Gasteiger partial charge in [-0.05, 0) is 37.7 Å². The van der Waals surface area contributed by atoms with Crippen molar-refractivity contribution in [2.45, 2.75) is 76.8 Å². The number of aromatic nitrogens is 3. The molecule has 1 fully saturated rings. The highest BCUT2D eigenvalue weighted by atomic mass is 16.2. The zero-order chi connectivity index (χ0) is 21.5. The summed E-state index contributed by atoms with van der Waals surface area (Å²) < 4.78 is 2.24. The topological polar surface area (TPSA) is 80.1 Å². The number of hydrogen-bond acceptors (Lipinski definition) is 4. The number of fused-ring (bicyclic) bond motifs is 1. The summed E-state index contributed by atoms with van der Waals surface area (Å²) in [5.41, 5.74) is 1.31. The average Bonchev–Trinajstić information content (AvgIpc) is 2.91. The molecule has 7 nitrogen and oxygen atoms in total. The van der Waals surface area contributed by atoms with Gasteiger partial charge in [-0.25, -0.2) is 0 Å². The molecule has 0 radical (unpaired) electrons. The number of aryl methyl sites for hydroxylation is 3. The van der Waals surface area contributed by atoms with Crippen LogP contribution in [-0.2, 0) is 35.4 Å². The van der Waals surface area contributed by atoms with Crippen molar-refractivity contribution < 1.29 is 9.59 Å². The van der Waals surface area contributed by atoms with E-state index < -0.39 is 0 Å². The fourth-order valence-corrected chi connectivity index (χ4v) is 4.59. The van der Waals surface area contributed by atoms with Crippen molar-refractivity contribution in [1.29, 1.82) is 0 Å². The van der Waals surface area contributed by atoms with Crippen LogP contribution in [0.5, 0.6) is 0 Å². The van der Waals surface area contributed by atoms with Crippen molar-refractivity contribution in [2.24, 2.45) is 0 Å². The quantitative estimate of drug-likeness (QED) is 0.743. The van der Waals surface area contributed by atoms with Crippen molar-refractivity contribution in [3.63, 3.8) is 0 Å². The predicted molar refractivity (Wildman–Crippen MR) is 118 cm³/mol. The maximum Gasteiger partial charge on any atom is 0.222 e. The Bertz CT molecular complexity index is 879. The zero-order valence-corrected chi connectivity index (χ0v) is 18.3. The Morgan fingerprint density at radius 1 is 1.00 bits per heavy atom. The van der Waals surface area contributed by atoms with E-state index in [4.69, 9.17) is 0 Å². The van der Waals surface area contributed by atoms with Gasteiger partial charge in [0.2, 0.25) is 11.8 Å². The van der Waals surface area contributed by atoms with Crippen LogP contribution >= 0.6 is 0 Å². The Kier molecular flexibility index (Phi) is 7.33. The Morgan fingerprint density at radius 3 is 2.74 bits per heavy atom. The molecule has 2 aromatic rings. The molecule has 0 spiro atoms. The molecule has 4 rings (SSSR count). The molecule has 2 amide bonds. The maximum absolute atomic E-state index is 12.5. The number of carbonyl (C=O) groups is 2. The van der Waals surface area contributed by atoms with Gasteiger partial charge in [0.15, 0.2) is 0 Å². The van der Waals surface area contributed by atoms with Crippen molar-refractivity contribution in [2.75, 3.05) is 13.1 Å². The summed E-state index contributed by atoms with van der Waals surface area (Å²) in [6, 6.07) is 10.6. The molecule has 1 unspecified atom stereocenters. The maximum atomic E-state index is 12.5. The Balaban J connectivity index is 1.25. The molecular weight excluding hydrogens is 390 g/mol. The Labute approximate surface area is 184 Å². The summed E-state index contributed by atoms with van der Waals surface area (Å²) in [4.78, 5) is 26.5. The van der Waals surface area contributed by atoms with Gasteiger partial charge in [-0.1, -0.05) is 36.8 Å². The summed E-state index contributed by atoms with van der Waals surface area (Å²) in [6.07, 6.45) is 8.55. The lowest BCUT2D eigenvalue weighted by molar-refractivity contribution is -0.131. The van der Waals surface area contributed by atoms with Crippen LogP contribution in [0.25, 0.3) is 0 Å². The van der Waals surface area contributed by atoms with E-state index >= 15 is 0 Å². The zero-order valence-electron chi connectivity index (χ0n) is 18.3. The van der Waals surface area contributed by atoms with E-state index in [2.05, 4.69) is 44.3 Å². The van der Waals surface area contributed by atoms with E-state index in [1.807, 2.05) is 11.0 Å². The highest BCUT2D eigenvalue weighted by Gasteiger charge is 2.22. The number of amides is 2. The van der Waals surface area contributed by atoms with Crippen LogP contribution in [0.2, 0.25) is 0 Å². The molecule has 3 heterocycles. The van der Waals surface area contributed by atoms with E-state index in [-0.39, 0.29) is 17.9 Å². The number of nitrogens with zero attached hydrogens (tertiary/aromatic N) is 4. The largest absolute Gasteiger partial charge is 0.353 e. The third-order valence-corrected chi connectivity index (χ3v) is 6.45. The van der Waals surface area contributed by atoms with Gasteiger partial charge in [0.1, 0.15) is 11.6 Å². The summed E-state index contributed by atoms with van der Waals surface area (Å²) >= 11 is 0. The molecular formula is C24H33N5O2. The number of hydrogen-bond donors (Lipinski definition) is 1. The molecule has 2 aliphatic heterocycles. The lowest BCUT2D eigenvalue weighted by atomic mass is 10.1. The first-order valence-electron chi connectivity index (χ1n) is 11.7. The second-order valence-corrected chi connectivity index (χ2v) is 8.70. The van der Waals surface area contributed by atoms with E-state index in [0.29, 0.717) is 19.4 Å². The first-order chi connectivity index (χ1) is 15.2. The third kappa shape index (κ3) is 5.93. The molecule has 0 saturated carbocycles. The van der Waals surface area contributed by atoms with E-state index in [1.54, 1.807) is 0 Å². The van der Waals surface area contributed by atoms with Crippen LogP contribution in [0.4, 0.5) is 0 Å². The van der Waals surface area contributed by atoms with Gasteiger partial charge in [0, 0.05) is 51.4 Å². The molecule has 0 aliphatic carbocycles. The minimum absolute atomic E-state index is 0.0454. The van der Waals surface area contributed by atoms with Crippen LogP contribution in [0.3, 0.4) is 0 Å². The van der Waals surface area contributed by atoms with E-state index in [1.165, 1.54) is 5.56 Å². The van der Waals surface area contributed by atoms with Gasteiger partial charge in [-0.2, -0.15) is 0 Å². The van der Waals surface area contributed by atoms with Crippen LogP contribution in [-0.4, -0.2) is 50.6 Å². The highest BCUT2D eigenvalue weighted by Crippen LogP contribution is 2.17.